The van der Waals surface area contributed by atoms with Crippen LogP contribution in [0.4, 0.5) is 8.78 Å². The first-order chi connectivity index (χ1) is 14.3. The molecule has 1 fully saturated rings. The number of likely N-dealkylation sites (tertiary alicyclic amines) is 1. The first-order valence-electron chi connectivity index (χ1n) is 9.70. The predicted molar refractivity (Wildman–Crippen MR) is 110 cm³/mol. The van der Waals surface area contributed by atoms with Gasteiger partial charge in [0, 0.05) is 43.7 Å². The maximum absolute atomic E-state index is 14.4. The highest BCUT2D eigenvalue weighted by Gasteiger charge is 2.24. The third-order valence-electron chi connectivity index (χ3n) is 5.34. The lowest BCUT2D eigenvalue weighted by Crippen LogP contribution is -2.38. The molecular weight excluding hydrogens is 410 g/mol. The van der Waals surface area contributed by atoms with E-state index >= 15 is 0 Å². The van der Waals surface area contributed by atoms with Crippen LogP contribution in [-0.2, 0) is 16.4 Å². The Bertz CT molecular complexity index is 1180. The molecule has 0 N–H and O–H groups in total. The van der Waals surface area contributed by atoms with Gasteiger partial charge in [-0.2, -0.15) is 0 Å². The van der Waals surface area contributed by atoms with Gasteiger partial charge in [0.15, 0.2) is 21.4 Å². The van der Waals surface area contributed by atoms with Crippen LogP contribution in [0.1, 0.15) is 18.4 Å². The van der Waals surface area contributed by atoms with E-state index < -0.39 is 21.5 Å². The van der Waals surface area contributed by atoms with Crippen LogP contribution in [0.25, 0.3) is 10.8 Å². The fraction of sp³-hybridized carbons (Fsp3) is 0.318. The summed E-state index contributed by atoms with van der Waals surface area (Å²) in [5.41, 5.74) is 0.450. The number of sulfone groups is 1. The van der Waals surface area contributed by atoms with Gasteiger partial charge in [-0.05, 0) is 60.2 Å². The third-order valence-corrected chi connectivity index (χ3v) is 6.53. The number of nitrogens with zero attached hydrogens (tertiary/aromatic N) is 2. The number of benzene rings is 2. The van der Waals surface area contributed by atoms with E-state index in [4.69, 9.17) is 4.74 Å². The molecule has 8 heteroatoms. The van der Waals surface area contributed by atoms with Crippen molar-refractivity contribution < 1.29 is 21.9 Å². The molecule has 0 bridgehead atoms. The summed E-state index contributed by atoms with van der Waals surface area (Å²) in [5, 5.41) is 1.58. The summed E-state index contributed by atoms with van der Waals surface area (Å²) in [6.07, 6.45) is 5.57. The first-order valence-corrected chi connectivity index (χ1v) is 11.6. The van der Waals surface area contributed by atoms with Crippen LogP contribution >= 0.6 is 0 Å². The topological polar surface area (TPSA) is 59.5 Å². The number of hydrogen-bond acceptors (Lipinski definition) is 5. The van der Waals surface area contributed by atoms with Crippen molar-refractivity contribution in [3.63, 3.8) is 0 Å². The minimum Gasteiger partial charge on any atom is -0.487 e. The Labute approximate surface area is 174 Å². The zero-order chi connectivity index (χ0) is 21.3. The molecule has 0 saturated carbocycles. The van der Waals surface area contributed by atoms with E-state index in [0.717, 1.165) is 17.7 Å². The molecule has 0 atom stereocenters. The molecule has 2 heterocycles. The van der Waals surface area contributed by atoms with Crippen molar-refractivity contribution >= 4 is 20.6 Å². The number of aromatic nitrogens is 1. The van der Waals surface area contributed by atoms with Gasteiger partial charge in [0.25, 0.3) is 0 Å². The smallest absolute Gasteiger partial charge is 0.175 e. The van der Waals surface area contributed by atoms with Gasteiger partial charge in [-0.1, -0.05) is 0 Å². The van der Waals surface area contributed by atoms with E-state index in [9.17, 15) is 17.2 Å². The molecule has 3 aromatic rings. The molecule has 0 aliphatic carbocycles. The van der Waals surface area contributed by atoms with Gasteiger partial charge in [-0.3, -0.25) is 9.88 Å². The Balaban J connectivity index is 1.42. The van der Waals surface area contributed by atoms with Gasteiger partial charge < -0.3 is 4.74 Å². The van der Waals surface area contributed by atoms with Crippen LogP contribution in [0.3, 0.4) is 0 Å². The fourth-order valence-corrected chi connectivity index (χ4v) is 4.73. The molecule has 2 aromatic carbocycles. The average Bonchev–Trinajstić information content (AvgIpc) is 2.69. The highest BCUT2D eigenvalue weighted by Crippen LogP contribution is 2.28. The lowest BCUT2D eigenvalue weighted by Gasteiger charge is -2.32. The summed E-state index contributed by atoms with van der Waals surface area (Å²) in [6.45, 7) is 1.62. The summed E-state index contributed by atoms with van der Waals surface area (Å²) in [5.74, 6) is -0.662. The molecule has 1 saturated heterocycles. The summed E-state index contributed by atoms with van der Waals surface area (Å²) in [4.78, 5) is 6.20. The lowest BCUT2D eigenvalue weighted by atomic mass is 10.1. The molecule has 1 aliphatic heterocycles. The number of ether oxygens (including phenoxy) is 1. The molecule has 1 aliphatic rings. The zero-order valence-electron chi connectivity index (χ0n) is 16.5. The van der Waals surface area contributed by atoms with E-state index in [1.54, 1.807) is 18.5 Å². The van der Waals surface area contributed by atoms with Gasteiger partial charge in [0.1, 0.15) is 11.9 Å². The highest BCUT2D eigenvalue weighted by molar-refractivity contribution is 7.90. The van der Waals surface area contributed by atoms with Crippen molar-refractivity contribution in [1.29, 1.82) is 0 Å². The van der Waals surface area contributed by atoms with Crippen LogP contribution in [0.15, 0.2) is 53.7 Å². The van der Waals surface area contributed by atoms with Crippen molar-refractivity contribution in [2.24, 2.45) is 0 Å². The molecule has 0 spiro atoms. The molecule has 1 aromatic heterocycles. The molecule has 30 heavy (non-hydrogen) atoms. The summed E-state index contributed by atoms with van der Waals surface area (Å²) in [6, 6.07) is 8.66. The number of fused-ring (bicyclic) bond motifs is 1. The zero-order valence-corrected chi connectivity index (χ0v) is 17.3. The molecule has 0 radical (unpaired) electrons. The van der Waals surface area contributed by atoms with Gasteiger partial charge in [-0.15, -0.1) is 0 Å². The minimum absolute atomic E-state index is 0.142. The van der Waals surface area contributed by atoms with Crippen LogP contribution in [0, 0.1) is 11.6 Å². The van der Waals surface area contributed by atoms with Crippen LogP contribution in [0.2, 0.25) is 0 Å². The molecule has 0 amide bonds. The number of pyridine rings is 1. The maximum Gasteiger partial charge on any atom is 0.175 e. The Morgan fingerprint density at radius 2 is 1.87 bits per heavy atom. The van der Waals surface area contributed by atoms with E-state index in [0.29, 0.717) is 43.4 Å². The molecule has 158 valence electrons. The molecule has 5 nitrogen and oxygen atoms in total. The van der Waals surface area contributed by atoms with E-state index in [2.05, 4.69) is 9.88 Å². The second-order valence-electron chi connectivity index (χ2n) is 7.62. The lowest BCUT2D eigenvalue weighted by molar-refractivity contribution is 0.0932. The Kier molecular flexibility index (Phi) is 5.71. The highest BCUT2D eigenvalue weighted by atomic mass is 32.2. The largest absolute Gasteiger partial charge is 0.487 e. The van der Waals surface area contributed by atoms with Crippen molar-refractivity contribution in [2.45, 2.75) is 30.4 Å². The van der Waals surface area contributed by atoms with Gasteiger partial charge in [0.05, 0.1) is 4.90 Å². The van der Waals surface area contributed by atoms with E-state index in [1.807, 2.05) is 6.07 Å². The SMILES string of the molecule is CS(=O)(=O)c1ccc(F)cc1CN1CCC(Oc2cc3ccncc3cc2F)CC1. The van der Waals surface area contributed by atoms with Crippen molar-refractivity contribution in [1.82, 2.24) is 9.88 Å². The number of halogens is 2. The van der Waals surface area contributed by atoms with Gasteiger partial charge in [-0.25, -0.2) is 17.2 Å². The van der Waals surface area contributed by atoms with Crippen LogP contribution in [-0.4, -0.2) is 43.8 Å². The van der Waals surface area contributed by atoms with Crippen LogP contribution < -0.4 is 4.74 Å². The summed E-state index contributed by atoms with van der Waals surface area (Å²) in [7, 11) is -3.44. The quantitative estimate of drug-likeness (QED) is 0.571. The Morgan fingerprint density at radius 3 is 2.60 bits per heavy atom. The van der Waals surface area contributed by atoms with Crippen molar-refractivity contribution in [2.75, 3.05) is 19.3 Å². The van der Waals surface area contributed by atoms with E-state index in [-0.39, 0.29) is 16.7 Å². The average molecular weight is 432 g/mol. The molecular formula is C22H22F2N2O3S. The Hall–Kier alpha value is -2.58. The third kappa shape index (κ3) is 4.60. The predicted octanol–water partition coefficient (Wildman–Crippen LogP) is 3.96. The second kappa shape index (κ2) is 8.28. The molecule has 4 rings (SSSR count). The van der Waals surface area contributed by atoms with Gasteiger partial charge >= 0.3 is 0 Å². The van der Waals surface area contributed by atoms with Crippen LogP contribution in [0.5, 0.6) is 5.75 Å². The van der Waals surface area contributed by atoms with Crippen molar-refractivity contribution in [3.8, 4) is 5.75 Å². The molecule has 0 unspecified atom stereocenters. The normalized spacial score (nSPS) is 16.1. The Morgan fingerprint density at radius 1 is 1.10 bits per heavy atom. The summed E-state index contributed by atoms with van der Waals surface area (Å²) < 4.78 is 57.9. The minimum atomic E-state index is -3.44. The number of rotatable bonds is 5. The van der Waals surface area contributed by atoms with Gasteiger partial charge in [0.2, 0.25) is 0 Å². The first kappa shape index (κ1) is 20.7. The summed E-state index contributed by atoms with van der Waals surface area (Å²) >= 11 is 0. The van der Waals surface area contributed by atoms with E-state index in [1.165, 1.54) is 18.2 Å². The standard InChI is InChI=1S/C22H22F2N2O3S/c1-30(27,28)22-3-2-18(23)10-17(22)14-26-8-5-19(6-9-26)29-21-12-15-4-7-25-13-16(15)11-20(21)24/h2-4,7,10-13,19H,5-6,8-9,14H2,1H3. The second-order valence-corrected chi connectivity index (χ2v) is 9.61. The number of piperidine rings is 1. The monoisotopic (exact) mass is 432 g/mol. The van der Waals surface area contributed by atoms with Crippen molar-refractivity contribution in [3.05, 3.63) is 66.0 Å². The number of hydrogen-bond donors (Lipinski definition) is 0. The maximum atomic E-state index is 14.4. The fourth-order valence-electron chi connectivity index (χ4n) is 3.82.